The van der Waals surface area contributed by atoms with Crippen molar-refractivity contribution in [3.8, 4) is 0 Å². The van der Waals surface area contributed by atoms with Crippen molar-refractivity contribution >= 4 is 11.8 Å². The molecule has 2 saturated heterocycles. The standard InChI is InChI=1S/C21H32N4O2/c1-27-20(26)25-12-8-21(9-13-25)6-2-18(3-7-21)23-14-16-24(17-15-23)19-4-10-22-11-5-19/h4-5,10-11,18H,2-3,6-9,12-17H2,1H3. The number of piperazine rings is 1. The Balaban J connectivity index is 1.24. The number of hydrogen-bond acceptors (Lipinski definition) is 5. The van der Waals surface area contributed by atoms with E-state index in [1.165, 1.54) is 38.5 Å². The lowest BCUT2D eigenvalue weighted by atomic mass is 9.66. The number of rotatable bonds is 2. The second-order valence-electron chi connectivity index (χ2n) is 8.42. The zero-order chi connectivity index (χ0) is 18.7. The molecule has 0 aromatic carbocycles. The Kier molecular flexibility index (Phi) is 5.53. The van der Waals surface area contributed by atoms with E-state index in [2.05, 4.69) is 26.9 Å². The summed E-state index contributed by atoms with van der Waals surface area (Å²) in [6.45, 7) is 6.27. The van der Waals surface area contributed by atoms with E-state index in [4.69, 9.17) is 4.74 Å². The van der Waals surface area contributed by atoms with Crippen LogP contribution in [-0.2, 0) is 4.74 Å². The first kappa shape index (κ1) is 18.5. The van der Waals surface area contributed by atoms with Gasteiger partial charge in [-0.25, -0.2) is 4.79 Å². The number of pyridine rings is 1. The predicted molar refractivity (Wildman–Crippen MR) is 106 cm³/mol. The Bertz CT molecular complexity index is 612. The Morgan fingerprint density at radius 3 is 2.22 bits per heavy atom. The van der Waals surface area contributed by atoms with Crippen molar-refractivity contribution in [1.82, 2.24) is 14.8 Å². The van der Waals surface area contributed by atoms with Gasteiger partial charge in [-0.05, 0) is 56.1 Å². The van der Waals surface area contributed by atoms with Gasteiger partial charge in [0.15, 0.2) is 0 Å². The number of hydrogen-bond donors (Lipinski definition) is 0. The lowest BCUT2D eigenvalue weighted by molar-refractivity contribution is 0.0292. The molecule has 1 aliphatic carbocycles. The van der Waals surface area contributed by atoms with Crippen LogP contribution in [0.15, 0.2) is 24.5 Å². The van der Waals surface area contributed by atoms with Crippen LogP contribution in [0.1, 0.15) is 38.5 Å². The molecule has 1 aromatic rings. The third-order valence-corrected chi connectivity index (χ3v) is 7.13. The molecule has 0 unspecified atom stereocenters. The molecule has 2 aliphatic heterocycles. The Morgan fingerprint density at radius 1 is 1.00 bits per heavy atom. The minimum Gasteiger partial charge on any atom is -0.453 e. The Morgan fingerprint density at radius 2 is 1.63 bits per heavy atom. The van der Waals surface area contributed by atoms with Crippen molar-refractivity contribution in [2.45, 2.75) is 44.6 Å². The number of methoxy groups -OCH3 is 1. The molecular formula is C21H32N4O2. The van der Waals surface area contributed by atoms with Crippen LogP contribution in [-0.4, -0.2) is 73.3 Å². The van der Waals surface area contributed by atoms with Crippen LogP contribution in [0, 0.1) is 5.41 Å². The summed E-state index contributed by atoms with van der Waals surface area (Å²) in [5.41, 5.74) is 1.77. The number of carbonyl (C=O) groups excluding carboxylic acids is 1. The maximum Gasteiger partial charge on any atom is 0.409 e. The van der Waals surface area contributed by atoms with E-state index in [0.29, 0.717) is 5.41 Å². The van der Waals surface area contributed by atoms with Crippen molar-refractivity contribution in [3.05, 3.63) is 24.5 Å². The molecule has 6 heteroatoms. The molecule has 1 aromatic heterocycles. The maximum absolute atomic E-state index is 11.7. The Hall–Kier alpha value is -1.82. The van der Waals surface area contributed by atoms with Crippen LogP contribution < -0.4 is 4.90 Å². The number of likely N-dealkylation sites (tertiary alicyclic amines) is 1. The highest BCUT2D eigenvalue weighted by Crippen LogP contribution is 2.45. The topological polar surface area (TPSA) is 48.9 Å². The first-order valence-corrected chi connectivity index (χ1v) is 10.4. The largest absolute Gasteiger partial charge is 0.453 e. The van der Waals surface area contributed by atoms with Crippen LogP contribution >= 0.6 is 0 Å². The molecule has 1 amide bonds. The van der Waals surface area contributed by atoms with Gasteiger partial charge < -0.3 is 14.5 Å². The zero-order valence-electron chi connectivity index (χ0n) is 16.5. The van der Waals surface area contributed by atoms with E-state index < -0.39 is 0 Å². The molecule has 0 atom stereocenters. The van der Waals surface area contributed by atoms with Crippen LogP contribution in [0.4, 0.5) is 10.5 Å². The summed E-state index contributed by atoms with van der Waals surface area (Å²) in [7, 11) is 1.48. The van der Waals surface area contributed by atoms with Crippen molar-refractivity contribution in [1.29, 1.82) is 0 Å². The Labute approximate surface area is 162 Å². The second kappa shape index (κ2) is 8.05. The number of ether oxygens (including phenoxy) is 1. The zero-order valence-corrected chi connectivity index (χ0v) is 16.5. The van der Waals surface area contributed by atoms with Crippen LogP contribution in [0.5, 0.6) is 0 Å². The minimum atomic E-state index is -0.161. The highest BCUT2D eigenvalue weighted by atomic mass is 16.5. The number of aromatic nitrogens is 1. The van der Waals surface area contributed by atoms with Gasteiger partial charge in [-0.15, -0.1) is 0 Å². The molecule has 3 fully saturated rings. The summed E-state index contributed by atoms with van der Waals surface area (Å²) >= 11 is 0. The fraction of sp³-hybridized carbons (Fsp3) is 0.714. The second-order valence-corrected chi connectivity index (χ2v) is 8.42. The number of amides is 1. The predicted octanol–water partition coefficient (Wildman–Crippen LogP) is 2.99. The maximum atomic E-state index is 11.7. The highest BCUT2D eigenvalue weighted by molar-refractivity contribution is 5.67. The first-order valence-electron chi connectivity index (χ1n) is 10.4. The summed E-state index contributed by atoms with van der Waals surface area (Å²) in [6.07, 6.45) is 11.2. The summed E-state index contributed by atoms with van der Waals surface area (Å²) in [4.78, 5) is 22.9. The monoisotopic (exact) mass is 372 g/mol. The van der Waals surface area contributed by atoms with Crippen molar-refractivity contribution in [3.63, 3.8) is 0 Å². The van der Waals surface area contributed by atoms with Crippen molar-refractivity contribution in [2.24, 2.45) is 5.41 Å². The van der Waals surface area contributed by atoms with Crippen LogP contribution in [0.3, 0.4) is 0 Å². The number of nitrogens with zero attached hydrogens (tertiary/aromatic N) is 4. The van der Waals surface area contributed by atoms with Gasteiger partial charge in [-0.3, -0.25) is 9.88 Å². The normalized spacial score (nSPS) is 24.2. The molecule has 1 spiro atoms. The molecule has 6 nitrogen and oxygen atoms in total. The smallest absolute Gasteiger partial charge is 0.409 e. The molecule has 0 radical (unpaired) electrons. The van der Waals surface area contributed by atoms with Crippen molar-refractivity contribution in [2.75, 3.05) is 51.3 Å². The van der Waals surface area contributed by atoms with E-state index in [0.717, 1.165) is 58.2 Å². The molecule has 1 saturated carbocycles. The van der Waals surface area contributed by atoms with E-state index in [-0.39, 0.29) is 6.09 Å². The average molecular weight is 373 g/mol. The first-order chi connectivity index (χ1) is 13.2. The fourth-order valence-electron chi connectivity index (χ4n) is 5.27. The van der Waals surface area contributed by atoms with E-state index in [1.54, 1.807) is 0 Å². The minimum absolute atomic E-state index is 0.161. The molecule has 27 heavy (non-hydrogen) atoms. The number of piperidine rings is 1. The number of carbonyl (C=O) groups is 1. The molecule has 148 valence electrons. The van der Waals surface area contributed by atoms with E-state index >= 15 is 0 Å². The average Bonchev–Trinajstić information content (AvgIpc) is 2.75. The third-order valence-electron chi connectivity index (χ3n) is 7.13. The lowest BCUT2D eigenvalue weighted by Crippen LogP contribution is -2.52. The summed E-state index contributed by atoms with van der Waals surface area (Å²) < 4.78 is 4.88. The van der Waals surface area contributed by atoms with Gasteiger partial charge in [-0.1, -0.05) is 0 Å². The molecule has 0 bridgehead atoms. The van der Waals surface area contributed by atoms with E-state index in [9.17, 15) is 4.79 Å². The third kappa shape index (κ3) is 4.05. The van der Waals surface area contributed by atoms with Gasteiger partial charge >= 0.3 is 6.09 Å². The molecule has 3 heterocycles. The SMILES string of the molecule is COC(=O)N1CCC2(CCC(N3CCN(c4ccncc4)CC3)CC2)CC1. The fourth-order valence-corrected chi connectivity index (χ4v) is 5.27. The van der Waals surface area contributed by atoms with Crippen molar-refractivity contribution < 1.29 is 9.53 Å². The molecular weight excluding hydrogens is 340 g/mol. The molecule has 4 rings (SSSR count). The van der Waals surface area contributed by atoms with Crippen LogP contribution in [0.25, 0.3) is 0 Å². The van der Waals surface area contributed by atoms with E-state index in [1.807, 2.05) is 17.3 Å². The number of anilines is 1. The van der Waals surface area contributed by atoms with Gasteiger partial charge in [0.05, 0.1) is 7.11 Å². The van der Waals surface area contributed by atoms with Gasteiger partial charge in [0.2, 0.25) is 0 Å². The summed E-state index contributed by atoms with van der Waals surface area (Å²) in [6, 6.07) is 4.97. The van der Waals surface area contributed by atoms with Gasteiger partial charge in [0.1, 0.15) is 0 Å². The summed E-state index contributed by atoms with van der Waals surface area (Å²) in [5.74, 6) is 0. The highest BCUT2D eigenvalue weighted by Gasteiger charge is 2.40. The summed E-state index contributed by atoms with van der Waals surface area (Å²) in [5, 5.41) is 0. The van der Waals surface area contributed by atoms with Gasteiger partial charge in [0, 0.05) is 63.4 Å². The lowest BCUT2D eigenvalue weighted by Gasteiger charge is -2.48. The van der Waals surface area contributed by atoms with Crippen LogP contribution in [0.2, 0.25) is 0 Å². The molecule has 0 N–H and O–H groups in total. The van der Waals surface area contributed by atoms with Gasteiger partial charge in [-0.2, -0.15) is 0 Å². The quantitative estimate of drug-likeness (QED) is 0.799. The van der Waals surface area contributed by atoms with Gasteiger partial charge in [0.25, 0.3) is 0 Å². The molecule has 3 aliphatic rings.